The molecule has 1 fully saturated rings. The second-order valence-corrected chi connectivity index (χ2v) is 7.91. The van der Waals surface area contributed by atoms with Gasteiger partial charge in [0, 0.05) is 43.0 Å². The summed E-state index contributed by atoms with van der Waals surface area (Å²) in [6.45, 7) is 2.79. The normalized spacial score (nSPS) is 13.9. The third-order valence-electron chi connectivity index (χ3n) is 5.42. The predicted octanol–water partition coefficient (Wildman–Crippen LogP) is 4.95. The van der Waals surface area contributed by atoms with E-state index in [0.29, 0.717) is 29.4 Å². The zero-order chi connectivity index (χ0) is 22.3. The van der Waals surface area contributed by atoms with Gasteiger partial charge in [-0.2, -0.15) is 0 Å². The quantitative estimate of drug-likeness (QED) is 0.565. The van der Waals surface area contributed by atoms with Crippen molar-refractivity contribution >= 4 is 40.9 Å². The van der Waals surface area contributed by atoms with Gasteiger partial charge in [0.05, 0.1) is 11.3 Å². The largest absolute Gasteiger partial charge is 0.368 e. The monoisotopic (exact) mass is 445 g/mol. The van der Waals surface area contributed by atoms with E-state index in [2.05, 4.69) is 22.3 Å². The molecule has 3 aromatic carbocycles. The number of hydrogen-bond donors (Lipinski definition) is 1. The Hall–Kier alpha value is -3.57. The van der Waals surface area contributed by atoms with Gasteiger partial charge < -0.3 is 15.1 Å². The van der Waals surface area contributed by atoms with Gasteiger partial charge >= 0.3 is 0 Å². The van der Waals surface area contributed by atoms with Crippen molar-refractivity contribution < 1.29 is 9.59 Å². The zero-order valence-corrected chi connectivity index (χ0v) is 18.3. The van der Waals surface area contributed by atoms with E-state index < -0.39 is 0 Å². The van der Waals surface area contributed by atoms with Gasteiger partial charge in [-0.25, -0.2) is 0 Å². The van der Waals surface area contributed by atoms with Crippen molar-refractivity contribution in [3.8, 4) is 0 Å². The molecule has 0 atom stereocenters. The number of amides is 2. The van der Waals surface area contributed by atoms with Crippen molar-refractivity contribution in [3.63, 3.8) is 0 Å². The van der Waals surface area contributed by atoms with Gasteiger partial charge in [0.1, 0.15) is 0 Å². The number of carbonyl (C=O) groups excluding carboxylic acids is 2. The summed E-state index contributed by atoms with van der Waals surface area (Å²) < 4.78 is 0. The maximum atomic E-state index is 13.2. The highest BCUT2D eigenvalue weighted by molar-refractivity contribution is 6.32. The van der Waals surface area contributed by atoms with E-state index in [-0.39, 0.29) is 11.8 Å². The average Bonchev–Trinajstić information content (AvgIpc) is 2.84. The Bertz CT molecular complexity index is 1120. The van der Waals surface area contributed by atoms with Crippen molar-refractivity contribution in [2.45, 2.75) is 0 Å². The number of benzene rings is 3. The molecule has 4 rings (SSSR count). The van der Waals surface area contributed by atoms with Gasteiger partial charge in [-0.3, -0.25) is 9.59 Å². The van der Waals surface area contributed by atoms with Crippen LogP contribution in [0.2, 0.25) is 5.02 Å². The number of piperazine rings is 1. The molecule has 32 heavy (non-hydrogen) atoms. The molecule has 0 saturated carbocycles. The first-order valence-corrected chi connectivity index (χ1v) is 10.9. The van der Waals surface area contributed by atoms with Crippen molar-refractivity contribution in [2.75, 3.05) is 36.4 Å². The lowest BCUT2D eigenvalue weighted by Gasteiger charge is -2.36. The molecule has 0 bridgehead atoms. The molecule has 162 valence electrons. The van der Waals surface area contributed by atoms with Crippen molar-refractivity contribution in [1.29, 1.82) is 0 Å². The summed E-state index contributed by atoms with van der Waals surface area (Å²) in [5, 5.41) is 3.40. The number of hydrogen-bond acceptors (Lipinski definition) is 3. The first kappa shape index (κ1) is 21.7. The second kappa shape index (κ2) is 10.2. The summed E-state index contributed by atoms with van der Waals surface area (Å²) >= 11 is 6.13. The van der Waals surface area contributed by atoms with Crippen LogP contribution in [0.4, 0.5) is 11.4 Å². The molecule has 0 aromatic heterocycles. The Balaban J connectivity index is 1.41. The number of nitrogens with one attached hydrogen (secondary N) is 1. The first-order valence-electron chi connectivity index (χ1n) is 10.5. The van der Waals surface area contributed by atoms with Crippen LogP contribution in [-0.4, -0.2) is 42.9 Å². The summed E-state index contributed by atoms with van der Waals surface area (Å²) in [6, 6.07) is 24.6. The number of carbonyl (C=O) groups is 2. The van der Waals surface area contributed by atoms with Crippen LogP contribution in [0.1, 0.15) is 15.9 Å². The Morgan fingerprint density at radius 2 is 1.47 bits per heavy atom. The fraction of sp³-hybridized carbons (Fsp3) is 0.154. The third kappa shape index (κ3) is 5.18. The van der Waals surface area contributed by atoms with Gasteiger partial charge in [-0.15, -0.1) is 0 Å². The van der Waals surface area contributed by atoms with E-state index in [4.69, 9.17) is 11.6 Å². The molecule has 1 aliphatic heterocycles. The van der Waals surface area contributed by atoms with Crippen LogP contribution in [0.3, 0.4) is 0 Å². The first-order chi connectivity index (χ1) is 15.6. The molecular weight excluding hydrogens is 422 g/mol. The highest BCUT2D eigenvalue weighted by Crippen LogP contribution is 2.21. The fourth-order valence-electron chi connectivity index (χ4n) is 3.71. The SMILES string of the molecule is O=C(/C=C/c1ccccc1Cl)Nc1ccccc1C(=O)N1CCN(c2ccccc2)CC1. The van der Waals surface area contributed by atoms with Crippen LogP contribution in [0.5, 0.6) is 0 Å². The molecule has 0 unspecified atom stereocenters. The van der Waals surface area contributed by atoms with E-state index in [1.54, 1.807) is 30.3 Å². The van der Waals surface area contributed by atoms with Gasteiger partial charge in [0.25, 0.3) is 5.91 Å². The van der Waals surface area contributed by atoms with Gasteiger partial charge in [0.15, 0.2) is 0 Å². The Labute approximate surface area is 192 Å². The van der Waals surface area contributed by atoms with Crippen LogP contribution in [0, 0.1) is 0 Å². The van der Waals surface area contributed by atoms with Crippen LogP contribution < -0.4 is 10.2 Å². The third-order valence-corrected chi connectivity index (χ3v) is 5.77. The summed E-state index contributed by atoms with van der Waals surface area (Å²) in [6.07, 6.45) is 3.08. The van der Waals surface area contributed by atoms with Crippen LogP contribution in [0.25, 0.3) is 6.08 Å². The molecule has 0 spiro atoms. The van der Waals surface area contributed by atoms with Crippen molar-refractivity contribution in [2.24, 2.45) is 0 Å². The van der Waals surface area contributed by atoms with Crippen LogP contribution in [0.15, 0.2) is 84.9 Å². The molecule has 6 heteroatoms. The van der Waals surface area contributed by atoms with E-state index in [1.165, 1.54) is 6.08 Å². The van der Waals surface area contributed by atoms with Crippen molar-refractivity contribution in [1.82, 2.24) is 4.90 Å². The molecule has 3 aromatic rings. The number of para-hydroxylation sites is 2. The second-order valence-electron chi connectivity index (χ2n) is 7.50. The highest BCUT2D eigenvalue weighted by Gasteiger charge is 2.24. The van der Waals surface area contributed by atoms with Gasteiger partial charge in [-0.1, -0.05) is 60.1 Å². The molecule has 2 amide bonds. The van der Waals surface area contributed by atoms with Crippen molar-refractivity contribution in [3.05, 3.63) is 101 Å². The molecule has 0 aliphatic carbocycles. The smallest absolute Gasteiger partial charge is 0.256 e. The molecule has 0 radical (unpaired) electrons. The average molecular weight is 446 g/mol. The standard InChI is InChI=1S/C26H24ClN3O2/c27-23-12-6-4-8-20(23)14-15-25(31)28-24-13-7-5-11-22(24)26(32)30-18-16-29(17-19-30)21-9-2-1-3-10-21/h1-15H,16-19H2,(H,28,31)/b15-14+. The summed E-state index contributed by atoms with van der Waals surface area (Å²) in [5.74, 6) is -0.400. The van der Waals surface area contributed by atoms with Crippen LogP contribution in [-0.2, 0) is 4.79 Å². The Morgan fingerprint density at radius 3 is 2.22 bits per heavy atom. The molecular formula is C26H24ClN3O2. The summed E-state index contributed by atoms with van der Waals surface area (Å²) in [5.41, 5.74) is 2.90. The van der Waals surface area contributed by atoms with Crippen LogP contribution >= 0.6 is 11.6 Å². The summed E-state index contributed by atoms with van der Waals surface area (Å²) in [4.78, 5) is 29.8. The number of halogens is 1. The number of anilines is 2. The lowest BCUT2D eigenvalue weighted by atomic mass is 10.1. The van der Waals surface area contributed by atoms with Gasteiger partial charge in [0.2, 0.25) is 5.91 Å². The van der Waals surface area contributed by atoms with E-state index in [1.807, 2.05) is 47.4 Å². The summed E-state index contributed by atoms with van der Waals surface area (Å²) in [7, 11) is 0. The maximum Gasteiger partial charge on any atom is 0.256 e. The highest BCUT2D eigenvalue weighted by atomic mass is 35.5. The molecule has 5 nitrogen and oxygen atoms in total. The van der Waals surface area contributed by atoms with E-state index in [0.717, 1.165) is 24.3 Å². The van der Waals surface area contributed by atoms with E-state index in [9.17, 15) is 9.59 Å². The predicted molar refractivity (Wildman–Crippen MR) is 130 cm³/mol. The Morgan fingerprint density at radius 1 is 0.812 bits per heavy atom. The lowest BCUT2D eigenvalue weighted by molar-refractivity contribution is -0.111. The molecule has 1 saturated heterocycles. The number of rotatable bonds is 5. The Kier molecular flexibility index (Phi) is 6.87. The van der Waals surface area contributed by atoms with E-state index >= 15 is 0 Å². The molecule has 1 aliphatic rings. The minimum Gasteiger partial charge on any atom is -0.368 e. The minimum absolute atomic E-state index is 0.0799. The fourth-order valence-corrected chi connectivity index (χ4v) is 3.90. The topological polar surface area (TPSA) is 52.7 Å². The maximum absolute atomic E-state index is 13.2. The number of nitrogens with zero attached hydrogens (tertiary/aromatic N) is 2. The molecule has 1 heterocycles. The minimum atomic E-state index is -0.320. The lowest BCUT2D eigenvalue weighted by Crippen LogP contribution is -2.48. The van der Waals surface area contributed by atoms with Gasteiger partial charge in [-0.05, 0) is 42.0 Å². The molecule has 1 N–H and O–H groups in total. The zero-order valence-electron chi connectivity index (χ0n) is 17.6.